The minimum Gasteiger partial charge on any atom is -0.381 e. The molecule has 0 unspecified atom stereocenters. The van der Waals surface area contributed by atoms with Gasteiger partial charge < -0.3 is 10.1 Å². The Kier molecular flexibility index (Phi) is 2.63. The van der Waals surface area contributed by atoms with Crippen molar-refractivity contribution in [2.45, 2.75) is 25.3 Å². The zero-order valence-electron chi connectivity index (χ0n) is 8.36. The zero-order chi connectivity index (χ0) is 9.86. The molecule has 1 aromatic heterocycles. The maximum Gasteiger partial charge on any atom is 0.223 e. The molecule has 2 heterocycles. The molecule has 0 amide bonds. The van der Waals surface area contributed by atoms with E-state index in [1.54, 1.807) is 12.4 Å². The molecule has 14 heavy (non-hydrogen) atoms. The fourth-order valence-electron chi connectivity index (χ4n) is 1.58. The summed E-state index contributed by atoms with van der Waals surface area (Å²) < 4.78 is 5.32. The van der Waals surface area contributed by atoms with Crippen LogP contribution in [0, 0.1) is 0 Å². The van der Waals surface area contributed by atoms with Gasteiger partial charge in [-0.15, -0.1) is 0 Å². The van der Waals surface area contributed by atoms with Gasteiger partial charge in [0.1, 0.15) is 0 Å². The summed E-state index contributed by atoms with van der Waals surface area (Å²) in [5, 5.41) is 3.36. The van der Waals surface area contributed by atoms with Crippen LogP contribution in [0.2, 0.25) is 0 Å². The van der Waals surface area contributed by atoms with Gasteiger partial charge in [0.15, 0.2) is 0 Å². The lowest BCUT2D eigenvalue weighted by atomic mass is 9.93. The lowest BCUT2D eigenvalue weighted by Crippen LogP contribution is -2.41. The molecule has 4 heteroatoms. The Hall–Kier alpha value is -1.16. The van der Waals surface area contributed by atoms with Crippen molar-refractivity contribution in [1.29, 1.82) is 0 Å². The topological polar surface area (TPSA) is 47.0 Å². The standard InChI is InChI=1S/C10H15N3O/c1-10(3-7-14-8-4-10)13-9-11-5-2-6-12-9/h2,5-6H,3-4,7-8H2,1H3,(H,11,12,13). The molecule has 2 rings (SSSR count). The summed E-state index contributed by atoms with van der Waals surface area (Å²) >= 11 is 0. The van der Waals surface area contributed by atoms with Gasteiger partial charge in [-0.3, -0.25) is 0 Å². The minimum atomic E-state index is 0.0829. The molecule has 1 aromatic rings. The van der Waals surface area contributed by atoms with E-state index in [2.05, 4.69) is 22.2 Å². The number of hydrogen-bond donors (Lipinski definition) is 1. The SMILES string of the molecule is CC1(Nc2ncccn2)CCOCC1. The molecule has 0 atom stereocenters. The first-order chi connectivity index (χ1) is 6.79. The van der Waals surface area contributed by atoms with Crippen molar-refractivity contribution in [1.82, 2.24) is 9.97 Å². The van der Waals surface area contributed by atoms with Crippen LogP contribution in [0.15, 0.2) is 18.5 Å². The number of rotatable bonds is 2. The maximum absolute atomic E-state index is 5.32. The highest BCUT2D eigenvalue weighted by atomic mass is 16.5. The average Bonchev–Trinajstić information content (AvgIpc) is 2.19. The number of nitrogens with one attached hydrogen (secondary N) is 1. The van der Waals surface area contributed by atoms with Crippen LogP contribution in [0.5, 0.6) is 0 Å². The Morgan fingerprint density at radius 3 is 2.57 bits per heavy atom. The van der Waals surface area contributed by atoms with Crippen LogP contribution in [0.3, 0.4) is 0 Å². The van der Waals surface area contributed by atoms with Gasteiger partial charge in [0.2, 0.25) is 5.95 Å². The van der Waals surface area contributed by atoms with E-state index in [1.807, 2.05) is 6.07 Å². The lowest BCUT2D eigenvalue weighted by molar-refractivity contribution is 0.0656. The van der Waals surface area contributed by atoms with Crippen LogP contribution in [0.1, 0.15) is 19.8 Å². The van der Waals surface area contributed by atoms with Crippen molar-refractivity contribution in [3.05, 3.63) is 18.5 Å². The van der Waals surface area contributed by atoms with Gasteiger partial charge in [0, 0.05) is 31.1 Å². The fourth-order valence-corrected chi connectivity index (χ4v) is 1.58. The Bertz CT molecular complexity index is 283. The van der Waals surface area contributed by atoms with Gasteiger partial charge >= 0.3 is 0 Å². The third kappa shape index (κ3) is 2.20. The molecule has 1 N–H and O–H groups in total. The molecule has 0 saturated carbocycles. The van der Waals surface area contributed by atoms with Crippen LogP contribution in [-0.2, 0) is 4.74 Å². The second kappa shape index (κ2) is 3.92. The molecule has 0 aliphatic carbocycles. The number of anilines is 1. The second-order valence-electron chi connectivity index (χ2n) is 3.87. The zero-order valence-corrected chi connectivity index (χ0v) is 8.36. The first-order valence-corrected chi connectivity index (χ1v) is 4.91. The lowest BCUT2D eigenvalue weighted by Gasteiger charge is -2.34. The molecular weight excluding hydrogens is 178 g/mol. The normalized spacial score (nSPS) is 20.4. The van der Waals surface area contributed by atoms with Gasteiger partial charge in [-0.25, -0.2) is 9.97 Å². The predicted octanol–water partition coefficient (Wildman–Crippen LogP) is 1.46. The Morgan fingerprint density at radius 1 is 1.29 bits per heavy atom. The molecule has 1 aliphatic heterocycles. The van der Waals surface area contributed by atoms with Crippen molar-refractivity contribution in [3.8, 4) is 0 Å². The van der Waals surface area contributed by atoms with Crippen molar-refractivity contribution in [2.75, 3.05) is 18.5 Å². The van der Waals surface area contributed by atoms with E-state index in [0.717, 1.165) is 26.1 Å². The number of hydrogen-bond acceptors (Lipinski definition) is 4. The minimum absolute atomic E-state index is 0.0829. The summed E-state index contributed by atoms with van der Waals surface area (Å²) in [4.78, 5) is 8.31. The predicted molar refractivity (Wildman–Crippen MR) is 54.1 cm³/mol. The smallest absolute Gasteiger partial charge is 0.223 e. The molecule has 1 saturated heterocycles. The number of ether oxygens (including phenoxy) is 1. The van der Waals surface area contributed by atoms with E-state index in [-0.39, 0.29) is 5.54 Å². The third-order valence-electron chi connectivity index (χ3n) is 2.58. The molecule has 76 valence electrons. The van der Waals surface area contributed by atoms with Gasteiger partial charge in [0.25, 0.3) is 0 Å². The molecule has 4 nitrogen and oxygen atoms in total. The van der Waals surface area contributed by atoms with Crippen molar-refractivity contribution in [3.63, 3.8) is 0 Å². The van der Waals surface area contributed by atoms with E-state index >= 15 is 0 Å². The number of aromatic nitrogens is 2. The summed E-state index contributed by atoms with van der Waals surface area (Å²) in [6, 6.07) is 1.82. The summed E-state index contributed by atoms with van der Waals surface area (Å²) in [7, 11) is 0. The monoisotopic (exact) mass is 193 g/mol. The number of nitrogens with zero attached hydrogens (tertiary/aromatic N) is 2. The molecular formula is C10H15N3O. The van der Waals surface area contributed by atoms with Crippen molar-refractivity contribution >= 4 is 5.95 Å². The molecule has 1 aliphatic rings. The first-order valence-electron chi connectivity index (χ1n) is 4.91. The first kappa shape index (κ1) is 9.40. The van der Waals surface area contributed by atoms with E-state index in [1.165, 1.54) is 0 Å². The van der Waals surface area contributed by atoms with Gasteiger partial charge in [-0.2, -0.15) is 0 Å². The van der Waals surface area contributed by atoms with Gasteiger partial charge in [-0.1, -0.05) is 0 Å². The highest BCUT2D eigenvalue weighted by Crippen LogP contribution is 2.23. The molecule has 1 fully saturated rings. The van der Waals surface area contributed by atoms with E-state index in [4.69, 9.17) is 4.74 Å². The molecule has 0 spiro atoms. The van der Waals surface area contributed by atoms with Crippen LogP contribution in [-0.4, -0.2) is 28.7 Å². The summed E-state index contributed by atoms with van der Waals surface area (Å²) in [6.07, 6.45) is 5.51. The third-order valence-corrected chi connectivity index (χ3v) is 2.58. The van der Waals surface area contributed by atoms with Gasteiger partial charge in [-0.05, 0) is 25.8 Å². The Morgan fingerprint density at radius 2 is 1.93 bits per heavy atom. The summed E-state index contributed by atoms with van der Waals surface area (Å²) in [6.45, 7) is 3.82. The average molecular weight is 193 g/mol. The quantitative estimate of drug-likeness (QED) is 0.772. The summed E-state index contributed by atoms with van der Waals surface area (Å²) in [5.41, 5.74) is 0.0829. The Labute approximate surface area is 83.7 Å². The van der Waals surface area contributed by atoms with Crippen molar-refractivity contribution < 1.29 is 4.74 Å². The maximum atomic E-state index is 5.32. The van der Waals surface area contributed by atoms with E-state index in [0.29, 0.717) is 5.95 Å². The van der Waals surface area contributed by atoms with Gasteiger partial charge in [0.05, 0.1) is 0 Å². The second-order valence-corrected chi connectivity index (χ2v) is 3.87. The summed E-state index contributed by atoms with van der Waals surface area (Å²) in [5.74, 6) is 0.705. The van der Waals surface area contributed by atoms with Crippen LogP contribution >= 0.6 is 0 Å². The molecule has 0 radical (unpaired) electrons. The van der Waals surface area contributed by atoms with E-state index in [9.17, 15) is 0 Å². The van der Waals surface area contributed by atoms with E-state index < -0.39 is 0 Å². The Balaban J connectivity index is 2.02. The van der Waals surface area contributed by atoms with Crippen molar-refractivity contribution in [2.24, 2.45) is 0 Å². The van der Waals surface area contributed by atoms with Crippen LogP contribution < -0.4 is 5.32 Å². The van der Waals surface area contributed by atoms with Crippen LogP contribution in [0.25, 0.3) is 0 Å². The highest BCUT2D eigenvalue weighted by Gasteiger charge is 2.27. The molecule has 0 aromatic carbocycles. The van der Waals surface area contributed by atoms with Crippen LogP contribution in [0.4, 0.5) is 5.95 Å². The largest absolute Gasteiger partial charge is 0.381 e. The molecule has 0 bridgehead atoms. The highest BCUT2D eigenvalue weighted by molar-refractivity contribution is 5.27. The fraction of sp³-hybridized carbons (Fsp3) is 0.600.